The van der Waals surface area contributed by atoms with E-state index in [0.717, 1.165) is 35.9 Å². The van der Waals surface area contributed by atoms with Gasteiger partial charge in [-0.3, -0.25) is 14.4 Å². The summed E-state index contributed by atoms with van der Waals surface area (Å²) in [6.45, 7) is 8.97. The maximum absolute atomic E-state index is 13.6. The minimum Gasteiger partial charge on any atom is -0.383 e. The highest BCUT2D eigenvalue weighted by Gasteiger charge is 2.29. The maximum Gasteiger partial charge on any atom is 0.277 e. The Labute approximate surface area is 222 Å². The minimum absolute atomic E-state index is 0.00777. The number of hydrogen-bond acceptors (Lipinski definition) is 7. The van der Waals surface area contributed by atoms with E-state index in [2.05, 4.69) is 10.3 Å². The molecule has 1 unspecified atom stereocenters. The molecule has 1 aromatic carbocycles. The van der Waals surface area contributed by atoms with Gasteiger partial charge < -0.3 is 20.9 Å². The van der Waals surface area contributed by atoms with Gasteiger partial charge in [-0.05, 0) is 49.4 Å². The van der Waals surface area contributed by atoms with Crippen molar-refractivity contribution in [1.82, 2.24) is 29.5 Å². The fourth-order valence-electron chi connectivity index (χ4n) is 4.74. The van der Waals surface area contributed by atoms with Crippen molar-refractivity contribution in [2.75, 3.05) is 38.2 Å². The molecule has 1 saturated heterocycles. The Kier molecular flexibility index (Phi) is 7.66. The molecule has 0 spiro atoms. The second-order valence-electron chi connectivity index (χ2n) is 10.5. The smallest absolute Gasteiger partial charge is 0.277 e. The van der Waals surface area contributed by atoms with Gasteiger partial charge in [0.15, 0.2) is 11.3 Å². The predicted molar refractivity (Wildman–Crippen MR) is 146 cm³/mol. The molecule has 0 bridgehead atoms. The van der Waals surface area contributed by atoms with Crippen molar-refractivity contribution < 1.29 is 14.4 Å². The van der Waals surface area contributed by atoms with Crippen LogP contribution < -0.4 is 11.1 Å². The average molecular weight is 521 g/mol. The van der Waals surface area contributed by atoms with E-state index in [9.17, 15) is 14.4 Å². The van der Waals surface area contributed by atoms with Gasteiger partial charge in [0.2, 0.25) is 12.3 Å². The van der Waals surface area contributed by atoms with Crippen molar-refractivity contribution >= 4 is 40.8 Å². The van der Waals surface area contributed by atoms with Gasteiger partial charge in [-0.15, -0.1) is 0 Å². The van der Waals surface area contributed by atoms with Crippen molar-refractivity contribution in [1.29, 1.82) is 0 Å². The molecule has 2 aromatic heterocycles. The van der Waals surface area contributed by atoms with Crippen molar-refractivity contribution in [3.8, 4) is 0 Å². The molecule has 1 fully saturated rings. The molecule has 0 aliphatic carbocycles. The standard InChI is InChI=1S/C27H36N8O3/c1-15(2)25-30-24(28)22-23(32-35(26(22)31-25)19-8-7-11-34(13-19)14-36)27(38)29-20-10-9-18(16(3)17(20)4)12-21(37)33(5)6/h9-10,14-15,19H,7-8,11-13H2,1-6H3,(H,29,38)(H2,28,30,31). The van der Waals surface area contributed by atoms with Crippen LogP contribution in [-0.2, 0) is 16.0 Å². The number of fused-ring (bicyclic) bond motifs is 1. The number of piperidine rings is 1. The summed E-state index contributed by atoms with van der Waals surface area (Å²) in [7, 11) is 3.46. The van der Waals surface area contributed by atoms with Crippen LogP contribution in [0.5, 0.6) is 0 Å². The molecule has 1 atom stereocenters. The average Bonchev–Trinajstić information content (AvgIpc) is 3.28. The maximum atomic E-state index is 13.6. The van der Waals surface area contributed by atoms with E-state index in [0.29, 0.717) is 35.6 Å². The Bertz CT molecular complexity index is 1390. The third-order valence-corrected chi connectivity index (χ3v) is 7.24. The summed E-state index contributed by atoms with van der Waals surface area (Å²) < 4.78 is 1.73. The van der Waals surface area contributed by atoms with Gasteiger partial charge in [-0.1, -0.05) is 19.9 Å². The molecule has 0 saturated carbocycles. The molecule has 3 N–H and O–H groups in total. The zero-order valence-electron chi connectivity index (χ0n) is 22.9. The lowest BCUT2D eigenvalue weighted by Gasteiger charge is -2.30. The second-order valence-corrected chi connectivity index (χ2v) is 10.5. The number of nitrogens with one attached hydrogen (secondary N) is 1. The molecule has 1 aliphatic rings. The van der Waals surface area contributed by atoms with Crippen LogP contribution in [0.2, 0.25) is 0 Å². The lowest BCUT2D eigenvalue weighted by atomic mass is 9.98. The van der Waals surface area contributed by atoms with Crippen molar-refractivity contribution in [2.45, 2.75) is 58.9 Å². The minimum atomic E-state index is -0.427. The number of nitrogen functional groups attached to an aromatic ring is 1. The molecule has 0 radical (unpaired) electrons. The van der Waals surface area contributed by atoms with Crippen molar-refractivity contribution in [2.24, 2.45) is 0 Å². The molecule has 1 aliphatic heterocycles. The summed E-state index contributed by atoms with van der Waals surface area (Å²) >= 11 is 0. The van der Waals surface area contributed by atoms with Crippen LogP contribution in [0, 0.1) is 13.8 Å². The molecule has 38 heavy (non-hydrogen) atoms. The number of rotatable bonds is 7. The summed E-state index contributed by atoms with van der Waals surface area (Å²) in [6.07, 6.45) is 2.75. The summed E-state index contributed by atoms with van der Waals surface area (Å²) in [5, 5.41) is 8.07. The number of hydrogen-bond donors (Lipinski definition) is 2. The summed E-state index contributed by atoms with van der Waals surface area (Å²) in [5.74, 6) is 0.380. The molecular weight excluding hydrogens is 484 g/mol. The first kappa shape index (κ1) is 27.0. The first-order chi connectivity index (χ1) is 18.0. The van der Waals surface area contributed by atoms with Gasteiger partial charge in [-0.2, -0.15) is 5.10 Å². The number of likely N-dealkylation sites (N-methyl/N-ethyl adjacent to an activating group) is 1. The van der Waals surface area contributed by atoms with E-state index in [1.165, 1.54) is 0 Å². The number of nitrogens with zero attached hydrogens (tertiary/aromatic N) is 6. The summed E-state index contributed by atoms with van der Waals surface area (Å²) in [4.78, 5) is 49.8. The number of aromatic nitrogens is 4. The number of carbonyl (C=O) groups is 3. The first-order valence-electron chi connectivity index (χ1n) is 12.9. The Balaban J connectivity index is 1.73. The highest BCUT2D eigenvalue weighted by atomic mass is 16.2. The quantitative estimate of drug-likeness (QED) is 0.457. The largest absolute Gasteiger partial charge is 0.383 e. The molecule has 3 aromatic rings. The number of nitrogens with two attached hydrogens (primary N) is 1. The number of benzene rings is 1. The summed E-state index contributed by atoms with van der Waals surface area (Å²) in [6, 6.07) is 3.53. The molecule has 3 amide bonds. The van der Waals surface area contributed by atoms with Crippen molar-refractivity contribution in [3.63, 3.8) is 0 Å². The SMILES string of the molecule is Cc1c(CC(=O)N(C)C)ccc(NC(=O)c2nn(C3CCCN(C=O)C3)c3nc(C(C)C)nc(N)c23)c1C. The van der Waals surface area contributed by atoms with Crippen LogP contribution in [0.1, 0.15) is 71.7 Å². The number of likely N-dealkylation sites (tertiary alicyclic amines) is 1. The van der Waals surface area contributed by atoms with E-state index in [1.54, 1.807) is 34.6 Å². The Morgan fingerprint density at radius 2 is 1.95 bits per heavy atom. The molecular formula is C27H36N8O3. The van der Waals surface area contributed by atoms with Crippen LogP contribution >= 0.6 is 0 Å². The topological polar surface area (TPSA) is 139 Å². The van der Waals surface area contributed by atoms with Gasteiger partial charge in [-0.25, -0.2) is 14.6 Å². The van der Waals surface area contributed by atoms with E-state index in [-0.39, 0.29) is 35.8 Å². The highest BCUT2D eigenvalue weighted by molar-refractivity contribution is 6.13. The van der Waals surface area contributed by atoms with E-state index in [4.69, 9.17) is 15.8 Å². The number of carbonyl (C=O) groups excluding carboxylic acids is 3. The number of amides is 3. The Morgan fingerprint density at radius 3 is 2.61 bits per heavy atom. The van der Waals surface area contributed by atoms with Gasteiger partial charge in [0, 0.05) is 38.8 Å². The van der Waals surface area contributed by atoms with Gasteiger partial charge in [0.1, 0.15) is 11.6 Å². The van der Waals surface area contributed by atoms with Crippen LogP contribution in [0.25, 0.3) is 11.0 Å². The van der Waals surface area contributed by atoms with Gasteiger partial charge in [0.05, 0.1) is 17.8 Å². The van der Waals surface area contributed by atoms with E-state index < -0.39 is 5.91 Å². The van der Waals surface area contributed by atoms with E-state index in [1.807, 2.05) is 33.8 Å². The van der Waals surface area contributed by atoms with Crippen LogP contribution in [0.3, 0.4) is 0 Å². The lowest BCUT2D eigenvalue weighted by Crippen LogP contribution is -2.36. The molecule has 3 heterocycles. The molecule has 11 nitrogen and oxygen atoms in total. The Morgan fingerprint density at radius 1 is 1.21 bits per heavy atom. The second kappa shape index (κ2) is 10.8. The third kappa shape index (κ3) is 5.18. The first-order valence-corrected chi connectivity index (χ1v) is 12.9. The van der Waals surface area contributed by atoms with E-state index >= 15 is 0 Å². The van der Waals surface area contributed by atoms with Crippen molar-refractivity contribution in [3.05, 3.63) is 40.3 Å². The molecule has 202 valence electrons. The van der Waals surface area contributed by atoms with Crippen LogP contribution in [-0.4, -0.2) is 75.0 Å². The molecule has 11 heteroatoms. The fraction of sp³-hybridized carbons (Fsp3) is 0.481. The van der Waals surface area contributed by atoms with Crippen LogP contribution in [0.4, 0.5) is 11.5 Å². The zero-order valence-corrected chi connectivity index (χ0v) is 22.9. The van der Waals surface area contributed by atoms with Gasteiger partial charge >= 0.3 is 0 Å². The summed E-state index contributed by atoms with van der Waals surface area (Å²) in [5.41, 5.74) is 10.4. The normalized spacial score (nSPS) is 15.7. The highest BCUT2D eigenvalue weighted by Crippen LogP contribution is 2.31. The van der Waals surface area contributed by atoms with Crippen LogP contribution in [0.15, 0.2) is 12.1 Å². The Hall–Kier alpha value is -4.02. The third-order valence-electron chi connectivity index (χ3n) is 7.24. The lowest BCUT2D eigenvalue weighted by molar-refractivity contribution is -0.128. The zero-order chi connectivity index (χ0) is 27.7. The van der Waals surface area contributed by atoms with Gasteiger partial charge in [0.25, 0.3) is 5.91 Å². The molecule has 4 rings (SSSR count). The fourth-order valence-corrected chi connectivity index (χ4v) is 4.74. The number of anilines is 2. The monoisotopic (exact) mass is 520 g/mol. The predicted octanol–water partition coefficient (Wildman–Crippen LogP) is 2.83.